The van der Waals surface area contributed by atoms with Crippen molar-refractivity contribution < 1.29 is 9.53 Å². The normalized spacial score (nSPS) is 22.1. The highest BCUT2D eigenvalue weighted by atomic mass is 16.6. The number of carbonyl (C=O) groups is 1. The van der Waals surface area contributed by atoms with E-state index in [2.05, 4.69) is 20.4 Å². The third-order valence-corrected chi connectivity index (χ3v) is 4.24. The van der Waals surface area contributed by atoms with Crippen LogP contribution in [0.1, 0.15) is 32.3 Å². The summed E-state index contributed by atoms with van der Waals surface area (Å²) < 4.78 is 5.46. The number of likely N-dealkylation sites (tertiary alicyclic amines) is 1. The molecule has 2 rings (SSSR count). The fraction of sp³-hybridized carbons (Fsp3) is 0.471. The van der Waals surface area contributed by atoms with Crippen LogP contribution in [-0.4, -0.2) is 23.1 Å². The van der Waals surface area contributed by atoms with Crippen molar-refractivity contribution in [2.45, 2.75) is 38.8 Å². The van der Waals surface area contributed by atoms with Gasteiger partial charge in [0.15, 0.2) is 0 Å². The SMILES string of the molecule is C=C[C@]1(C(C)C)CCCN1C(=O)OCc1ccccc1. The molecule has 0 saturated carbocycles. The number of hydrogen-bond acceptors (Lipinski definition) is 2. The van der Waals surface area contributed by atoms with Crippen LogP contribution in [0.2, 0.25) is 0 Å². The molecule has 0 unspecified atom stereocenters. The van der Waals surface area contributed by atoms with E-state index in [1.165, 1.54) is 0 Å². The molecule has 3 nitrogen and oxygen atoms in total. The highest BCUT2D eigenvalue weighted by Crippen LogP contribution is 2.37. The van der Waals surface area contributed by atoms with E-state index >= 15 is 0 Å². The summed E-state index contributed by atoms with van der Waals surface area (Å²) in [4.78, 5) is 14.2. The van der Waals surface area contributed by atoms with Gasteiger partial charge in [-0.1, -0.05) is 50.3 Å². The predicted molar refractivity (Wildman–Crippen MR) is 80.3 cm³/mol. The molecule has 0 aromatic heterocycles. The van der Waals surface area contributed by atoms with E-state index in [1.54, 1.807) is 0 Å². The lowest BCUT2D eigenvalue weighted by atomic mass is 9.84. The number of ether oxygens (including phenoxy) is 1. The van der Waals surface area contributed by atoms with Gasteiger partial charge in [-0.25, -0.2) is 4.79 Å². The molecule has 108 valence electrons. The van der Waals surface area contributed by atoms with Gasteiger partial charge in [-0.05, 0) is 24.3 Å². The number of amides is 1. The van der Waals surface area contributed by atoms with Gasteiger partial charge in [-0.3, -0.25) is 4.90 Å². The quantitative estimate of drug-likeness (QED) is 0.776. The first-order chi connectivity index (χ1) is 9.60. The first-order valence-corrected chi connectivity index (χ1v) is 7.22. The van der Waals surface area contributed by atoms with Gasteiger partial charge in [-0.2, -0.15) is 0 Å². The second-order valence-corrected chi connectivity index (χ2v) is 5.65. The Morgan fingerprint density at radius 3 is 2.75 bits per heavy atom. The average Bonchev–Trinajstić information content (AvgIpc) is 2.91. The smallest absolute Gasteiger partial charge is 0.410 e. The summed E-state index contributed by atoms with van der Waals surface area (Å²) in [6, 6.07) is 9.76. The van der Waals surface area contributed by atoms with Crippen LogP contribution in [0.25, 0.3) is 0 Å². The van der Waals surface area contributed by atoms with Gasteiger partial charge in [0.05, 0.1) is 5.54 Å². The van der Waals surface area contributed by atoms with Gasteiger partial charge in [-0.15, -0.1) is 6.58 Å². The van der Waals surface area contributed by atoms with E-state index in [4.69, 9.17) is 4.74 Å². The minimum atomic E-state index is -0.256. The molecule has 0 N–H and O–H groups in total. The Balaban J connectivity index is 2.03. The van der Waals surface area contributed by atoms with Crippen molar-refractivity contribution in [3.05, 3.63) is 48.6 Å². The number of nitrogens with zero attached hydrogens (tertiary/aromatic N) is 1. The Hall–Kier alpha value is -1.77. The average molecular weight is 273 g/mol. The number of hydrogen-bond donors (Lipinski definition) is 0. The highest BCUT2D eigenvalue weighted by molar-refractivity contribution is 5.70. The summed E-state index contributed by atoms with van der Waals surface area (Å²) in [5.41, 5.74) is 0.752. The maximum atomic E-state index is 12.4. The molecule has 1 heterocycles. The topological polar surface area (TPSA) is 29.5 Å². The molecule has 0 radical (unpaired) electrons. The van der Waals surface area contributed by atoms with E-state index in [0.717, 1.165) is 24.9 Å². The van der Waals surface area contributed by atoms with E-state index in [1.807, 2.05) is 41.3 Å². The molecule has 1 saturated heterocycles. The van der Waals surface area contributed by atoms with Gasteiger partial charge in [0.1, 0.15) is 6.61 Å². The summed E-state index contributed by atoms with van der Waals surface area (Å²) >= 11 is 0. The van der Waals surface area contributed by atoms with Crippen LogP contribution in [-0.2, 0) is 11.3 Å². The Morgan fingerprint density at radius 1 is 1.45 bits per heavy atom. The third-order valence-electron chi connectivity index (χ3n) is 4.24. The lowest BCUT2D eigenvalue weighted by Gasteiger charge is -2.38. The minimum absolute atomic E-state index is 0.236. The largest absolute Gasteiger partial charge is 0.445 e. The molecule has 1 aromatic rings. The lowest BCUT2D eigenvalue weighted by molar-refractivity contribution is 0.0647. The van der Waals surface area contributed by atoms with Crippen LogP contribution in [0.3, 0.4) is 0 Å². The van der Waals surface area contributed by atoms with Gasteiger partial charge in [0, 0.05) is 6.54 Å². The second-order valence-electron chi connectivity index (χ2n) is 5.65. The van der Waals surface area contributed by atoms with Crippen LogP contribution < -0.4 is 0 Å². The van der Waals surface area contributed by atoms with Crippen molar-refractivity contribution in [3.63, 3.8) is 0 Å². The Kier molecular flexibility index (Phi) is 4.48. The van der Waals surface area contributed by atoms with E-state index in [-0.39, 0.29) is 11.6 Å². The molecule has 1 amide bonds. The molecule has 1 aliphatic rings. The van der Waals surface area contributed by atoms with Crippen LogP contribution in [0, 0.1) is 5.92 Å². The molecule has 0 spiro atoms. The molecule has 0 bridgehead atoms. The standard InChI is InChI=1S/C17H23NO2/c1-4-17(14(2)3)11-8-12-18(17)16(19)20-13-15-9-6-5-7-10-15/h4-7,9-10,14H,1,8,11-13H2,2-3H3/t17-/m1/s1. The molecule has 0 aliphatic carbocycles. The molecule has 3 heteroatoms. The van der Waals surface area contributed by atoms with Gasteiger partial charge in [0.2, 0.25) is 0 Å². The zero-order valence-corrected chi connectivity index (χ0v) is 12.3. The number of benzene rings is 1. The van der Waals surface area contributed by atoms with Crippen molar-refractivity contribution in [2.24, 2.45) is 5.92 Å². The Labute approximate surface area is 121 Å². The van der Waals surface area contributed by atoms with Gasteiger partial charge >= 0.3 is 6.09 Å². The summed E-state index contributed by atoms with van der Waals surface area (Å²) in [6.07, 6.45) is 3.65. The van der Waals surface area contributed by atoms with Gasteiger partial charge < -0.3 is 4.74 Å². The second kappa shape index (κ2) is 6.12. The van der Waals surface area contributed by atoms with E-state index in [9.17, 15) is 4.79 Å². The third kappa shape index (κ3) is 2.72. The van der Waals surface area contributed by atoms with Crippen LogP contribution >= 0.6 is 0 Å². The van der Waals surface area contributed by atoms with Crippen LogP contribution in [0.15, 0.2) is 43.0 Å². The summed E-state index contributed by atoms with van der Waals surface area (Å²) in [7, 11) is 0. The van der Waals surface area contributed by atoms with Crippen molar-refractivity contribution >= 4 is 6.09 Å². The van der Waals surface area contributed by atoms with Gasteiger partial charge in [0.25, 0.3) is 0 Å². The fourth-order valence-corrected chi connectivity index (χ4v) is 2.97. The molecule has 1 fully saturated rings. The maximum Gasteiger partial charge on any atom is 0.410 e. The molecular formula is C17H23NO2. The van der Waals surface area contributed by atoms with Crippen molar-refractivity contribution in [3.8, 4) is 0 Å². The lowest BCUT2D eigenvalue weighted by Crippen LogP contribution is -2.49. The van der Waals surface area contributed by atoms with Crippen LogP contribution in [0.5, 0.6) is 0 Å². The van der Waals surface area contributed by atoms with Crippen molar-refractivity contribution in [1.82, 2.24) is 4.90 Å². The monoisotopic (exact) mass is 273 g/mol. The van der Waals surface area contributed by atoms with Crippen LogP contribution in [0.4, 0.5) is 4.79 Å². The molecular weight excluding hydrogens is 250 g/mol. The first-order valence-electron chi connectivity index (χ1n) is 7.22. The highest BCUT2D eigenvalue weighted by Gasteiger charge is 2.44. The van der Waals surface area contributed by atoms with Crippen molar-refractivity contribution in [2.75, 3.05) is 6.54 Å². The molecule has 1 aliphatic heterocycles. The maximum absolute atomic E-state index is 12.4. The zero-order valence-electron chi connectivity index (χ0n) is 12.3. The predicted octanol–water partition coefficient (Wildman–Crippen LogP) is 4.00. The molecule has 1 aromatic carbocycles. The number of rotatable bonds is 4. The fourth-order valence-electron chi connectivity index (χ4n) is 2.97. The van der Waals surface area contributed by atoms with E-state index < -0.39 is 0 Å². The zero-order chi connectivity index (χ0) is 14.6. The van der Waals surface area contributed by atoms with E-state index in [0.29, 0.717) is 12.5 Å². The minimum Gasteiger partial charge on any atom is -0.445 e. The summed E-state index contributed by atoms with van der Waals surface area (Å²) in [5, 5.41) is 0. The molecule has 1 atom stereocenters. The molecule has 20 heavy (non-hydrogen) atoms. The number of carbonyl (C=O) groups excluding carboxylic acids is 1. The summed E-state index contributed by atoms with van der Waals surface area (Å²) in [5.74, 6) is 0.340. The Bertz CT molecular complexity index is 469. The van der Waals surface area contributed by atoms with Crippen molar-refractivity contribution in [1.29, 1.82) is 0 Å². The Morgan fingerprint density at radius 2 is 2.15 bits per heavy atom. The first kappa shape index (κ1) is 14.6. The summed E-state index contributed by atoms with van der Waals surface area (Å²) in [6.45, 7) is 9.27.